The predicted octanol–water partition coefficient (Wildman–Crippen LogP) is 5.00. The Labute approximate surface area is 141 Å². The van der Waals surface area contributed by atoms with E-state index in [0.717, 1.165) is 5.56 Å². The summed E-state index contributed by atoms with van der Waals surface area (Å²) in [6.07, 6.45) is 0.628. The van der Waals surface area contributed by atoms with Crippen molar-refractivity contribution in [1.29, 1.82) is 0 Å². The molecule has 0 amide bonds. The Kier molecular flexibility index (Phi) is 3.67. The van der Waals surface area contributed by atoms with Gasteiger partial charge in [0.25, 0.3) is 0 Å². The molecule has 2 aromatic heterocycles. The predicted molar refractivity (Wildman–Crippen MR) is 86.1 cm³/mol. The largest absolute Gasteiger partial charge is 0.479 e. The lowest BCUT2D eigenvalue weighted by molar-refractivity contribution is -0.0370. The summed E-state index contributed by atoms with van der Waals surface area (Å²) in [5, 5.41) is 0. The number of pyridine rings is 1. The van der Waals surface area contributed by atoms with Crippen molar-refractivity contribution in [3.8, 4) is 5.88 Å². The van der Waals surface area contributed by atoms with Gasteiger partial charge in [-0.05, 0) is 17.9 Å². The number of carbonyl (C=O) groups is 1. The van der Waals surface area contributed by atoms with Crippen LogP contribution < -0.4 is 4.18 Å². The van der Waals surface area contributed by atoms with Gasteiger partial charge in [-0.2, -0.15) is 13.2 Å². The minimum Gasteiger partial charge on any atom is -0.397 e. The second-order valence-corrected chi connectivity index (χ2v) is 8.10. The van der Waals surface area contributed by atoms with E-state index in [1.165, 1.54) is 6.07 Å². The molecule has 24 heavy (non-hydrogen) atoms. The highest BCUT2D eigenvalue weighted by molar-refractivity contribution is 7.95. The average Bonchev–Trinajstić information content (AvgIpc) is 2.80. The maximum absolute atomic E-state index is 12.7. The lowest BCUT2D eigenvalue weighted by Gasteiger charge is -2.39. The van der Waals surface area contributed by atoms with Crippen molar-refractivity contribution in [2.45, 2.75) is 45.0 Å². The average molecular weight is 358 g/mol. The van der Waals surface area contributed by atoms with Crippen molar-refractivity contribution in [1.82, 2.24) is 9.97 Å². The number of carbonyl (C=O) groups excluding carboxylic acids is 1. The number of H-pyrrole nitrogens is 1. The van der Waals surface area contributed by atoms with Crippen molar-refractivity contribution in [2.75, 3.05) is 0 Å². The van der Waals surface area contributed by atoms with Gasteiger partial charge in [0, 0.05) is 17.0 Å². The van der Waals surface area contributed by atoms with Crippen molar-refractivity contribution in [3.63, 3.8) is 0 Å². The van der Waals surface area contributed by atoms with Crippen LogP contribution in [0.15, 0.2) is 12.1 Å². The third-order valence-corrected chi connectivity index (χ3v) is 4.68. The first kappa shape index (κ1) is 17.1. The van der Waals surface area contributed by atoms with Crippen molar-refractivity contribution >= 4 is 28.9 Å². The third kappa shape index (κ3) is 2.87. The molecule has 0 spiro atoms. The molecule has 0 saturated carbocycles. The molecule has 0 unspecified atom stereocenters. The fraction of sp³-hybridized carbons (Fsp3) is 0.500. The zero-order valence-electron chi connectivity index (χ0n) is 13.7. The fourth-order valence-corrected chi connectivity index (χ4v) is 3.90. The van der Waals surface area contributed by atoms with Gasteiger partial charge in [0.2, 0.25) is 5.88 Å². The van der Waals surface area contributed by atoms with Gasteiger partial charge in [0.1, 0.15) is 0 Å². The molecular formula is C16H17F3N2O2S. The fourth-order valence-electron chi connectivity index (χ4n) is 3.63. The Morgan fingerprint density at radius 1 is 1.21 bits per heavy atom. The van der Waals surface area contributed by atoms with E-state index in [1.807, 2.05) is 27.7 Å². The Balaban J connectivity index is 2.11. The zero-order chi connectivity index (χ0) is 17.9. The summed E-state index contributed by atoms with van der Waals surface area (Å²) in [5.74, 6) is -0.151. The number of hydrogen-bond acceptors (Lipinski definition) is 4. The summed E-state index contributed by atoms with van der Waals surface area (Å²) in [4.78, 5) is 20.0. The summed E-state index contributed by atoms with van der Waals surface area (Å²) in [6.45, 7) is 7.81. The smallest absolute Gasteiger partial charge is 0.397 e. The minimum atomic E-state index is -4.51. The number of ketones is 1. The zero-order valence-corrected chi connectivity index (χ0v) is 14.5. The normalized spacial score (nSPS) is 19.4. The van der Waals surface area contributed by atoms with E-state index in [0.29, 0.717) is 23.1 Å². The van der Waals surface area contributed by atoms with Gasteiger partial charge in [-0.15, -0.1) is 0 Å². The Bertz CT molecular complexity index is 825. The van der Waals surface area contributed by atoms with Crippen LogP contribution in [0.3, 0.4) is 0 Å². The molecule has 1 aliphatic carbocycles. The molecule has 8 heteroatoms. The molecule has 2 heterocycles. The summed E-state index contributed by atoms with van der Waals surface area (Å²) in [5.41, 5.74) is -3.03. The lowest BCUT2D eigenvalue weighted by atomic mass is 9.63. The molecule has 2 aromatic rings. The molecule has 0 atom stereocenters. The maximum Gasteiger partial charge on any atom is 0.479 e. The number of halogens is 3. The topological polar surface area (TPSA) is 55.0 Å². The van der Waals surface area contributed by atoms with E-state index >= 15 is 0 Å². The van der Waals surface area contributed by atoms with Crippen LogP contribution in [0.5, 0.6) is 5.88 Å². The Hall–Kier alpha value is -1.70. The highest BCUT2D eigenvalue weighted by Gasteiger charge is 2.46. The molecule has 1 aliphatic rings. The lowest BCUT2D eigenvalue weighted by Crippen LogP contribution is -2.39. The quantitative estimate of drug-likeness (QED) is 0.768. The van der Waals surface area contributed by atoms with Crippen LogP contribution in [0.4, 0.5) is 13.2 Å². The van der Waals surface area contributed by atoms with Gasteiger partial charge >= 0.3 is 5.51 Å². The van der Waals surface area contributed by atoms with E-state index in [2.05, 4.69) is 14.2 Å². The summed E-state index contributed by atoms with van der Waals surface area (Å²) >= 11 is -0.604. The van der Waals surface area contributed by atoms with Crippen LogP contribution in [0, 0.1) is 5.41 Å². The Morgan fingerprint density at radius 2 is 1.88 bits per heavy atom. The molecule has 0 aliphatic heterocycles. The van der Waals surface area contributed by atoms with Crippen LogP contribution >= 0.6 is 12.0 Å². The molecule has 4 nitrogen and oxygen atoms in total. The van der Waals surface area contributed by atoms with Crippen molar-refractivity contribution in [2.24, 2.45) is 5.41 Å². The SMILES string of the molecule is CC1(C)CC(C)(C)c2c([nH]c3ccc(OSC(F)(F)F)nc23)C1=O. The number of alkyl halides is 3. The van der Waals surface area contributed by atoms with Gasteiger partial charge in [0.05, 0.1) is 16.7 Å². The summed E-state index contributed by atoms with van der Waals surface area (Å²) in [7, 11) is 0. The molecule has 1 N–H and O–H groups in total. The van der Waals surface area contributed by atoms with E-state index in [-0.39, 0.29) is 17.1 Å². The molecule has 0 fully saturated rings. The standard InChI is InChI=1S/C16H17F3N2O2S/c1-14(2)7-15(3,4)13(22)12-10(14)11-8(20-12)5-6-9(21-11)23-24-16(17,18)19/h5-6,20H,7H2,1-4H3. The maximum atomic E-state index is 12.7. The first-order valence-corrected chi connectivity index (χ1v) is 8.15. The van der Waals surface area contributed by atoms with Crippen LogP contribution in [0.25, 0.3) is 11.0 Å². The van der Waals surface area contributed by atoms with Crippen LogP contribution in [-0.2, 0) is 5.41 Å². The van der Waals surface area contributed by atoms with Gasteiger partial charge in [-0.3, -0.25) is 4.79 Å². The molecule has 0 saturated heterocycles. The molecule has 0 radical (unpaired) electrons. The van der Waals surface area contributed by atoms with E-state index < -0.39 is 23.0 Å². The molecular weight excluding hydrogens is 341 g/mol. The van der Waals surface area contributed by atoms with Crippen LogP contribution in [0.2, 0.25) is 0 Å². The van der Waals surface area contributed by atoms with E-state index in [9.17, 15) is 18.0 Å². The van der Waals surface area contributed by atoms with Crippen molar-refractivity contribution in [3.05, 3.63) is 23.4 Å². The summed E-state index contributed by atoms with van der Waals surface area (Å²) in [6, 6.07) is 2.94. The highest BCUT2D eigenvalue weighted by Crippen LogP contribution is 2.48. The number of aromatic nitrogens is 2. The Morgan fingerprint density at radius 3 is 2.50 bits per heavy atom. The molecule has 130 valence electrons. The number of fused-ring (bicyclic) bond motifs is 3. The number of nitrogens with zero attached hydrogens (tertiary/aromatic N) is 1. The van der Waals surface area contributed by atoms with Crippen molar-refractivity contribution < 1.29 is 22.1 Å². The van der Waals surface area contributed by atoms with Crippen LogP contribution in [0.1, 0.15) is 50.2 Å². The molecule has 0 bridgehead atoms. The number of Topliss-reactive ketones (excluding diaryl/α,β-unsaturated/α-hetero) is 1. The molecule has 0 aromatic carbocycles. The summed E-state index contributed by atoms with van der Waals surface area (Å²) < 4.78 is 41.5. The second-order valence-electron chi connectivity index (χ2n) is 7.31. The number of rotatable bonds is 2. The monoisotopic (exact) mass is 358 g/mol. The van der Waals surface area contributed by atoms with Crippen LogP contribution in [-0.4, -0.2) is 21.3 Å². The number of nitrogens with one attached hydrogen (secondary N) is 1. The van der Waals surface area contributed by atoms with Gasteiger partial charge in [-0.1, -0.05) is 27.7 Å². The third-order valence-electron chi connectivity index (χ3n) is 4.24. The van der Waals surface area contributed by atoms with E-state index in [1.54, 1.807) is 6.07 Å². The second kappa shape index (κ2) is 5.15. The first-order valence-electron chi connectivity index (χ1n) is 7.41. The number of aromatic amines is 1. The van der Waals surface area contributed by atoms with Gasteiger partial charge in [-0.25, -0.2) is 4.98 Å². The van der Waals surface area contributed by atoms with Gasteiger partial charge in [0.15, 0.2) is 17.8 Å². The molecule has 3 rings (SSSR count). The minimum absolute atomic E-state index is 0.0121. The first-order chi connectivity index (χ1) is 10.9. The van der Waals surface area contributed by atoms with Gasteiger partial charge < -0.3 is 9.17 Å². The highest BCUT2D eigenvalue weighted by atomic mass is 32.2. The van der Waals surface area contributed by atoms with E-state index in [4.69, 9.17) is 0 Å². The number of hydrogen-bond donors (Lipinski definition) is 1.